The van der Waals surface area contributed by atoms with Crippen LogP contribution in [-0.2, 0) is 0 Å². The maximum absolute atomic E-state index is 5.13. The number of aromatic nitrogens is 2. The third-order valence-electron chi connectivity index (χ3n) is 1.14. The van der Waals surface area contributed by atoms with Crippen molar-refractivity contribution in [3.05, 3.63) is 22.2 Å². The summed E-state index contributed by atoms with van der Waals surface area (Å²) in [4.78, 5) is 8.04. The second kappa shape index (κ2) is 2.19. The Bertz CT molecular complexity index is 324. The first-order valence-corrected chi connectivity index (χ1v) is 3.81. The van der Waals surface area contributed by atoms with Crippen molar-refractivity contribution >= 4 is 33.8 Å². The number of halogens is 1. The first-order chi connectivity index (χ1) is 4.86. The fourth-order valence-electron chi connectivity index (χ4n) is 0.743. The summed E-state index contributed by atoms with van der Waals surface area (Å²) in [6.45, 7) is 0. The Labute approximate surface area is 70.6 Å². The van der Waals surface area contributed by atoms with Gasteiger partial charge in [-0.3, -0.25) is 0 Å². The fraction of sp³-hybridized carbons (Fsp3) is 0. The van der Waals surface area contributed by atoms with Crippen molar-refractivity contribution in [3.8, 4) is 0 Å². The van der Waals surface area contributed by atoms with Gasteiger partial charge in [-0.25, -0.2) is 9.97 Å². The zero-order chi connectivity index (χ0) is 6.97. The lowest BCUT2D eigenvalue weighted by atomic mass is 10.5. The van der Waals surface area contributed by atoms with Crippen LogP contribution in [0.5, 0.6) is 0 Å². The van der Waals surface area contributed by atoms with Crippen molar-refractivity contribution in [1.29, 1.82) is 0 Å². The van der Waals surface area contributed by atoms with Gasteiger partial charge in [0.05, 0.1) is 0 Å². The molecule has 2 aromatic rings. The van der Waals surface area contributed by atoms with Crippen LogP contribution in [0.3, 0.4) is 0 Å². The molecular formula is C6H3IN2O. The Hall–Kier alpha value is -0.650. The Morgan fingerprint density at radius 1 is 1.50 bits per heavy atom. The molecule has 0 radical (unpaired) electrons. The average Bonchev–Trinajstić information content (AvgIpc) is 2.27. The molecule has 0 aliphatic heterocycles. The minimum atomic E-state index is 0.604. The SMILES string of the molecule is Ic1nc2cccnc2o1. The first kappa shape index (κ1) is 6.09. The summed E-state index contributed by atoms with van der Waals surface area (Å²) in [5, 5.41) is 0. The Kier molecular flexibility index (Phi) is 1.33. The van der Waals surface area contributed by atoms with Gasteiger partial charge in [0.2, 0.25) is 5.71 Å². The maximum atomic E-state index is 5.13. The molecule has 2 heterocycles. The first-order valence-electron chi connectivity index (χ1n) is 2.73. The highest BCUT2D eigenvalue weighted by Gasteiger charge is 2.00. The fourth-order valence-corrected chi connectivity index (χ4v) is 1.21. The van der Waals surface area contributed by atoms with E-state index in [1.807, 2.05) is 34.7 Å². The van der Waals surface area contributed by atoms with Crippen molar-refractivity contribution in [2.24, 2.45) is 0 Å². The number of hydrogen-bond acceptors (Lipinski definition) is 3. The van der Waals surface area contributed by atoms with Crippen LogP contribution in [0.4, 0.5) is 0 Å². The normalized spacial score (nSPS) is 10.5. The van der Waals surface area contributed by atoms with E-state index in [1.54, 1.807) is 6.20 Å². The van der Waals surface area contributed by atoms with E-state index in [0.29, 0.717) is 9.61 Å². The summed E-state index contributed by atoms with van der Waals surface area (Å²) in [6.07, 6.45) is 1.68. The quantitative estimate of drug-likeness (QED) is 0.665. The van der Waals surface area contributed by atoms with Gasteiger partial charge in [0.1, 0.15) is 5.52 Å². The zero-order valence-corrected chi connectivity index (χ0v) is 7.07. The molecule has 0 aliphatic rings. The van der Waals surface area contributed by atoms with E-state index in [4.69, 9.17) is 4.42 Å². The second-order valence-corrected chi connectivity index (χ2v) is 2.72. The Balaban J connectivity index is 2.88. The van der Waals surface area contributed by atoms with E-state index >= 15 is 0 Å². The third-order valence-corrected chi connectivity index (χ3v) is 1.60. The number of fused-ring (bicyclic) bond motifs is 1. The highest BCUT2D eigenvalue weighted by atomic mass is 127. The van der Waals surface area contributed by atoms with E-state index < -0.39 is 0 Å². The highest BCUT2D eigenvalue weighted by Crippen LogP contribution is 2.12. The van der Waals surface area contributed by atoms with Gasteiger partial charge < -0.3 is 4.42 Å². The molecule has 0 aromatic carbocycles. The van der Waals surface area contributed by atoms with Crippen LogP contribution in [0, 0.1) is 3.90 Å². The van der Waals surface area contributed by atoms with Crippen molar-refractivity contribution < 1.29 is 4.42 Å². The molecule has 0 amide bonds. The molecule has 3 nitrogen and oxygen atoms in total. The predicted octanol–water partition coefficient (Wildman–Crippen LogP) is 1.83. The largest absolute Gasteiger partial charge is 0.413 e. The lowest BCUT2D eigenvalue weighted by Gasteiger charge is -1.78. The van der Waals surface area contributed by atoms with Gasteiger partial charge in [-0.05, 0) is 12.1 Å². The molecule has 0 atom stereocenters. The van der Waals surface area contributed by atoms with Crippen LogP contribution in [0.2, 0.25) is 0 Å². The van der Waals surface area contributed by atoms with Crippen LogP contribution in [-0.4, -0.2) is 9.97 Å². The van der Waals surface area contributed by atoms with Gasteiger partial charge in [0.25, 0.3) is 3.90 Å². The van der Waals surface area contributed by atoms with E-state index in [0.717, 1.165) is 5.52 Å². The number of oxazole rings is 1. The van der Waals surface area contributed by atoms with E-state index in [9.17, 15) is 0 Å². The van der Waals surface area contributed by atoms with Gasteiger partial charge >= 0.3 is 0 Å². The van der Waals surface area contributed by atoms with E-state index in [-0.39, 0.29) is 0 Å². The van der Waals surface area contributed by atoms with Gasteiger partial charge in [0, 0.05) is 28.8 Å². The van der Waals surface area contributed by atoms with Crippen LogP contribution < -0.4 is 0 Å². The molecule has 0 unspecified atom stereocenters. The minimum Gasteiger partial charge on any atom is -0.413 e. The molecule has 4 heteroatoms. The molecule has 0 spiro atoms. The molecule has 0 saturated carbocycles. The smallest absolute Gasteiger partial charge is 0.259 e. The molecule has 10 heavy (non-hydrogen) atoms. The minimum absolute atomic E-state index is 0.604. The molecule has 2 rings (SSSR count). The van der Waals surface area contributed by atoms with Gasteiger partial charge in [0.15, 0.2) is 0 Å². The van der Waals surface area contributed by atoms with Gasteiger partial charge in [-0.15, -0.1) is 0 Å². The number of rotatable bonds is 0. The molecule has 0 aliphatic carbocycles. The average molecular weight is 246 g/mol. The summed E-state index contributed by atoms with van der Waals surface area (Å²) < 4.78 is 5.76. The van der Waals surface area contributed by atoms with Crippen LogP contribution >= 0.6 is 22.6 Å². The van der Waals surface area contributed by atoms with E-state index in [2.05, 4.69) is 9.97 Å². The van der Waals surface area contributed by atoms with Gasteiger partial charge in [-0.2, -0.15) is 0 Å². The second-order valence-electron chi connectivity index (χ2n) is 1.79. The molecule has 0 bridgehead atoms. The standard InChI is InChI=1S/C6H3IN2O/c7-6-9-4-2-1-3-8-5(4)10-6/h1-3H. The van der Waals surface area contributed by atoms with Gasteiger partial charge in [-0.1, -0.05) is 0 Å². The summed E-state index contributed by atoms with van der Waals surface area (Å²) >= 11 is 2.02. The topological polar surface area (TPSA) is 38.9 Å². The molecular weight excluding hydrogens is 243 g/mol. The van der Waals surface area contributed by atoms with Crippen LogP contribution in [0.25, 0.3) is 11.2 Å². The van der Waals surface area contributed by atoms with Crippen molar-refractivity contribution in [2.45, 2.75) is 0 Å². The van der Waals surface area contributed by atoms with Crippen LogP contribution in [0.1, 0.15) is 0 Å². The van der Waals surface area contributed by atoms with Crippen LogP contribution in [0.15, 0.2) is 22.7 Å². The number of hydrogen-bond donors (Lipinski definition) is 0. The van der Waals surface area contributed by atoms with Crippen molar-refractivity contribution in [2.75, 3.05) is 0 Å². The van der Waals surface area contributed by atoms with Crippen molar-refractivity contribution in [1.82, 2.24) is 9.97 Å². The zero-order valence-electron chi connectivity index (χ0n) is 4.91. The maximum Gasteiger partial charge on any atom is 0.259 e. The molecule has 0 saturated heterocycles. The summed E-state index contributed by atoms with van der Waals surface area (Å²) in [5.41, 5.74) is 1.42. The highest BCUT2D eigenvalue weighted by molar-refractivity contribution is 14.1. The molecule has 0 N–H and O–H groups in total. The predicted molar refractivity (Wildman–Crippen MR) is 44.5 cm³/mol. The van der Waals surface area contributed by atoms with E-state index in [1.165, 1.54) is 0 Å². The molecule has 50 valence electrons. The van der Waals surface area contributed by atoms with Crippen molar-refractivity contribution in [3.63, 3.8) is 0 Å². The third kappa shape index (κ3) is 0.880. The lowest BCUT2D eigenvalue weighted by Crippen LogP contribution is -1.69. The summed E-state index contributed by atoms with van der Waals surface area (Å²) in [5.74, 6) is 0. The Morgan fingerprint density at radius 3 is 3.20 bits per heavy atom. The number of pyridine rings is 1. The molecule has 0 fully saturated rings. The molecule has 2 aromatic heterocycles. The Morgan fingerprint density at radius 2 is 2.40 bits per heavy atom. The summed E-state index contributed by atoms with van der Waals surface area (Å²) in [7, 11) is 0. The lowest BCUT2D eigenvalue weighted by molar-refractivity contribution is 0.556. The number of nitrogens with zero attached hydrogens (tertiary/aromatic N) is 2. The summed E-state index contributed by atoms with van der Waals surface area (Å²) in [6, 6.07) is 3.70. The monoisotopic (exact) mass is 246 g/mol.